The van der Waals surface area contributed by atoms with Gasteiger partial charge in [-0.1, -0.05) is 19.9 Å². The van der Waals surface area contributed by atoms with Gasteiger partial charge in [-0.05, 0) is 24.5 Å². The van der Waals surface area contributed by atoms with Gasteiger partial charge in [-0.2, -0.15) is 0 Å². The number of hydrogen-bond donors (Lipinski definition) is 2. The van der Waals surface area contributed by atoms with Crippen LogP contribution < -0.4 is 21.1 Å². The number of esters is 1. The topological polar surface area (TPSA) is 115 Å². The highest BCUT2D eigenvalue weighted by atomic mass is 16.5. The van der Waals surface area contributed by atoms with Gasteiger partial charge in [-0.15, -0.1) is 0 Å². The largest absolute Gasteiger partial charge is 0.486 e. The minimum Gasteiger partial charge on any atom is -0.486 e. The van der Waals surface area contributed by atoms with E-state index in [2.05, 4.69) is 29.7 Å². The molecule has 0 aliphatic carbocycles. The molecule has 0 aromatic carbocycles. The quantitative estimate of drug-likeness (QED) is 0.600. The SMILES string of the molecule is COC(=O)c1c(OCc2ccccn2)cc(=O)n2c1CCN(C(=O)C1CC(C(C)C)NN1)CC2. The van der Waals surface area contributed by atoms with Crippen LogP contribution in [-0.2, 0) is 29.1 Å². The van der Waals surface area contributed by atoms with Crippen LogP contribution in [0.5, 0.6) is 5.75 Å². The second-order valence-corrected chi connectivity index (χ2v) is 8.92. The first-order valence-corrected chi connectivity index (χ1v) is 11.6. The predicted molar refractivity (Wildman–Crippen MR) is 124 cm³/mol. The molecule has 1 amide bonds. The Bertz CT molecular complexity index is 1100. The standard InChI is InChI=1S/C24H31N5O5/c1-15(2)17-12-18(27-26-17)23(31)28-9-7-19-22(24(32)33-3)20(13-21(30)29(19)11-10-28)34-14-16-6-4-5-8-25-16/h4-6,8,13,15,17-18,26-27H,7,9-12,14H2,1-3H3. The third kappa shape index (κ3) is 4.97. The summed E-state index contributed by atoms with van der Waals surface area (Å²) >= 11 is 0. The van der Waals surface area contributed by atoms with Crippen LogP contribution >= 0.6 is 0 Å². The van der Waals surface area contributed by atoms with Gasteiger partial charge in [0.25, 0.3) is 5.56 Å². The van der Waals surface area contributed by atoms with Crippen LogP contribution in [-0.4, -0.2) is 58.6 Å². The van der Waals surface area contributed by atoms with Gasteiger partial charge in [-0.3, -0.25) is 20.0 Å². The van der Waals surface area contributed by atoms with Crippen molar-refractivity contribution in [2.45, 2.75) is 51.9 Å². The number of carbonyl (C=O) groups is 2. The van der Waals surface area contributed by atoms with Crippen molar-refractivity contribution in [2.24, 2.45) is 5.92 Å². The van der Waals surface area contributed by atoms with Gasteiger partial charge in [0.15, 0.2) is 0 Å². The first-order valence-electron chi connectivity index (χ1n) is 11.6. The average molecular weight is 470 g/mol. The maximum absolute atomic E-state index is 13.2. The highest BCUT2D eigenvalue weighted by molar-refractivity contribution is 5.93. The van der Waals surface area contributed by atoms with Crippen LogP contribution in [0.25, 0.3) is 0 Å². The van der Waals surface area contributed by atoms with Crippen molar-refractivity contribution >= 4 is 11.9 Å². The van der Waals surface area contributed by atoms with Crippen LogP contribution in [0.15, 0.2) is 35.3 Å². The molecule has 2 aliphatic heterocycles. The number of hydrazine groups is 1. The molecule has 0 bridgehead atoms. The highest BCUT2D eigenvalue weighted by Gasteiger charge is 2.35. The molecule has 2 N–H and O–H groups in total. The summed E-state index contributed by atoms with van der Waals surface area (Å²) < 4.78 is 12.4. The van der Waals surface area contributed by atoms with E-state index in [1.807, 2.05) is 6.07 Å². The van der Waals surface area contributed by atoms with Crippen LogP contribution in [0.1, 0.15) is 42.0 Å². The number of rotatable bonds is 6. The molecule has 1 fully saturated rings. The van der Waals surface area contributed by atoms with Crippen molar-refractivity contribution in [3.05, 3.63) is 57.8 Å². The van der Waals surface area contributed by atoms with Gasteiger partial charge in [0, 0.05) is 50.1 Å². The van der Waals surface area contributed by atoms with E-state index in [-0.39, 0.29) is 48.0 Å². The Balaban J connectivity index is 1.56. The van der Waals surface area contributed by atoms with Gasteiger partial charge in [0.2, 0.25) is 5.91 Å². The lowest BCUT2D eigenvalue weighted by molar-refractivity contribution is -0.133. The van der Waals surface area contributed by atoms with Crippen LogP contribution in [0.2, 0.25) is 0 Å². The third-order valence-corrected chi connectivity index (χ3v) is 6.43. The maximum Gasteiger partial charge on any atom is 0.343 e. The first-order chi connectivity index (χ1) is 16.4. The molecule has 2 aromatic heterocycles. The summed E-state index contributed by atoms with van der Waals surface area (Å²) in [6, 6.07) is 6.65. The molecule has 10 heteroatoms. The first kappa shape index (κ1) is 23.9. The van der Waals surface area contributed by atoms with Crippen molar-refractivity contribution in [3.63, 3.8) is 0 Å². The van der Waals surface area contributed by atoms with Crippen molar-refractivity contribution < 1.29 is 19.1 Å². The Morgan fingerprint density at radius 1 is 1.21 bits per heavy atom. The van der Waals surface area contributed by atoms with Crippen LogP contribution in [0.3, 0.4) is 0 Å². The van der Waals surface area contributed by atoms with E-state index in [0.29, 0.717) is 43.2 Å². The normalized spacial score (nSPS) is 20.1. The van der Waals surface area contributed by atoms with Gasteiger partial charge in [0.05, 0.1) is 12.8 Å². The summed E-state index contributed by atoms with van der Waals surface area (Å²) in [5, 5.41) is 0. The van der Waals surface area contributed by atoms with Gasteiger partial charge in [-0.25, -0.2) is 10.2 Å². The molecule has 34 heavy (non-hydrogen) atoms. The number of hydrogen-bond acceptors (Lipinski definition) is 8. The number of pyridine rings is 2. The Labute approximate surface area is 198 Å². The molecule has 4 heterocycles. The lowest BCUT2D eigenvalue weighted by Gasteiger charge is -2.23. The molecule has 0 spiro atoms. The van der Waals surface area contributed by atoms with E-state index in [1.54, 1.807) is 27.8 Å². The van der Waals surface area contributed by atoms with Gasteiger partial charge >= 0.3 is 5.97 Å². The summed E-state index contributed by atoms with van der Waals surface area (Å²) in [5.41, 5.74) is 7.43. The zero-order chi connectivity index (χ0) is 24.2. The van der Waals surface area contributed by atoms with Crippen molar-refractivity contribution in [1.29, 1.82) is 0 Å². The fraction of sp³-hybridized carbons (Fsp3) is 0.500. The minimum absolute atomic E-state index is 0.0113. The molecule has 2 aromatic rings. The summed E-state index contributed by atoms with van der Waals surface area (Å²) in [5.74, 6) is -0.0249. The van der Waals surface area contributed by atoms with E-state index in [9.17, 15) is 14.4 Å². The van der Waals surface area contributed by atoms with Crippen molar-refractivity contribution in [1.82, 2.24) is 25.3 Å². The summed E-state index contributed by atoms with van der Waals surface area (Å²) in [6.07, 6.45) is 2.69. The van der Waals surface area contributed by atoms with Crippen molar-refractivity contribution in [2.75, 3.05) is 20.2 Å². The number of carbonyl (C=O) groups excluding carboxylic acids is 2. The third-order valence-electron chi connectivity index (χ3n) is 6.43. The summed E-state index contributed by atoms with van der Waals surface area (Å²) in [4.78, 5) is 44.8. The number of ether oxygens (including phenoxy) is 2. The van der Waals surface area contributed by atoms with Gasteiger partial charge < -0.3 is 18.9 Å². The van der Waals surface area contributed by atoms with E-state index < -0.39 is 5.97 Å². The molecular formula is C24H31N5O5. The molecule has 2 unspecified atom stereocenters. The Hall–Kier alpha value is -3.24. The van der Waals surface area contributed by atoms with E-state index in [4.69, 9.17) is 9.47 Å². The second-order valence-electron chi connectivity index (χ2n) is 8.92. The highest BCUT2D eigenvalue weighted by Crippen LogP contribution is 2.25. The Morgan fingerprint density at radius 3 is 2.71 bits per heavy atom. The molecule has 4 rings (SSSR count). The zero-order valence-corrected chi connectivity index (χ0v) is 19.7. The molecule has 2 atom stereocenters. The van der Waals surface area contributed by atoms with Crippen LogP contribution in [0.4, 0.5) is 0 Å². The number of methoxy groups -OCH3 is 1. The number of fused-ring (bicyclic) bond motifs is 1. The smallest absolute Gasteiger partial charge is 0.343 e. The molecule has 0 saturated carbocycles. The monoisotopic (exact) mass is 469 g/mol. The van der Waals surface area contributed by atoms with E-state index in [0.717, 1.165) is 0 Å². The number of aromatic nitrogens is 2. The lowest BCUT2D eigenvalue weighted by atomic mass is 9.99. The zero-order valence-electron chi connectivity index (χ0n) is 19.7. The van der Waals surface area contributed by atoms with Gasteiger partial charge in [0.1, 0.15) is 24.0 Å². The number of amides is 1. The van der Waals surface area contributed by atoms with E-state index >= 15 is 0 Å². The number of nitrogens with zero attached hydrogens (tertiary/aromatic N) is 3. The molecule has 10 nitrogen and oxygen atoms in total. The fourth-order valence-electron chi connectivity index (χ4n) is 4.44. The van der Waals surface area contributed by atoms with Crippen LogP contribution in [0, 0.1) is 5.92 Å². The fourth-order valence-corrected chi connectivity index (χ4v) is 4.44. The average Bonchev–Trinajstić information content (AvgIpc) is 3.24. The Morgan fingerprint density at radius 2 is 2.03 bits per heavy atom. The molecular weight excluding hydrogens is 438 g/mol. The summed E-state index contributed by atoms with van der Waals surface area (Å²) in [6.45, 7) is 5.39. The molecule has 182 valence electrons. The summed E-state index contributed by atoms with van der Waals surface area (Å²) in [7, 11) is 1.30. The molecule has 2 aliphatic rings. The predicted octanol–water partition coefficient (Wildman–Crippen LogP) is 0.885. The minimum atomic E-state index is -0.582. The lowest BCUT2D eigenvalue weighted by Crippen LogP contribution is -2.46. The van der Waals surface area contributed by atoms with E-state index in [1.165, 1.54) is 13.2 Å². The molecule has 0 radical (unpaired) electrons. The second kappa shape index (κ2) is 10.4. The van der Waals surface area contributed by atoms with Crippen molar-refractivity contribution in [3.8, 4) is 5.75 Å². The maximum atomic E-state index is 13.2. The number of nitrogens with one attached hydrogen (secondary N) is 2. The molecule has 1 saturated heterocycles. The Kier molecular flexibility index (Phi) is 7.28.